The lowest BCUT2D eigenvalue weighted by molar-refractivity contribution is -0.907. The maximum absolute atomic E-state index is 13.0. The van der Waals surface area contributed by atoms with Gasteiger partial charge in [-0.2, -0.15) is 0 Å². The number of halogens is 1. The van der Waals surface area contributed by atoms with Gasteiger partial charge in [-0.25, -0.2) is 4.39 Å². The fraction of sp³-hybridized carbons (Fsp3) is 0.350. The summed E-state index contributed by atoms with van der Waals surface area (Å²) in [6.07, 6.45) is 0. The van der Waals surface area contributed by atoms with Crippen molar-refractivity contribution in [2.75, 3.05) is 12.4 Å². The fourth-order valence-corrected chi connectivity index (χ4v) is 2.50. The summed E-state index contributed by atoms with van der Waals surface area (Å²) in [6.45, 7) is 6.85. The molecule has 0 aliphatic rings. The highest BCUT2D eigenvalue weighted by Gasteiger charge is 2.22. The van der Waals surface area contributed by atoms with Crippen LogP contribution < -0.4 is 10.2 Å². The molecule has 24 heavy (non-hydrogen) atoms. The van der Waals surface area contributed by atoms with Crippen LogP contribution in [0.5, 0.6) is 0 Å². The minimum Gasteiger partial charge on any atom is -0.324 e. The molecule has 0 saturated heterocycles. The largest absolute Gasteiger partial charge is 0.324 e. The zero-order valence-electron chi connectivity index (χ0n) is 14.8. The van der Waals surface area contributed by atoms with Crippen LogP contribution in [0.4, 0.5) is 10.1 Å². The van der Waals surface area contributed by atoms with Gasteiger partial charge in [-0.15, -0.1) is 0 Å². The van der Waals surface area contributed by atoms with Crippen LogP contribution in [0, 0.1) is 5.82 Å². The summed E-state index contributed by atoms with van der Waals surface area (Å²) < 4.78 is 13.0. The molecular formula is C20H26FN2O+. The molecule has 1 amide bonds. The predicted molar refractivity (Wildman–Crippen MR) is 95.6 cm³/mol. The topological polar surface area (TPSA) is 33.5 Å². The molecule has 0 aromatic heterocycles. The van der Waals surface area contributed by atoms with E-state index in [1.165, 1.54) is 17.7 Å². The van der Waals surface area contributed by atoms with Gasteiger partial charge in [0, 0.05) is 11.3 Å². The second-order valence-electron chi connectivity index (χ2n) is 6.64. The zero-order chi connectivity index (χ0) is 17.7. The number of likely N-dealkylation sites (N-methyl/N-ethyl adjacent to an activating group) is 1. The Bertz CT molecular complexity index is 665. The Morgan fingerprint density at radius 2 is 1.62 bits per heavy atom. The van der Waals surface area contributed by atoms with Gasteiger partial charge in [0.1, 0.15) is 12.4 Å². The third kappa shape index (κ3) is 4.90. The van der Waals surface area contributed by atoms with E-state index in [1.54, 1.807) is 12.1 Å². The Hall–Kier alpha value is -2.20. The molecule has 128 valence electrons. The van der Waals surface area contributed by atoms with Crippen LogP contribution in [0.2, 0.25) is 0 Å². The third-order valence-electron chi connectivity index (χ3n) is 4.37. The molecule has 0 aliphatic carbocycles. The van der Waals surface area contributed by atoms with E-state index in [4.69, 9.17) is 0 Å². The zero-order valence-corrected chi connectivity index (χ0v) is 14.8. The van der Waals surface area contributed by atoms with Crippen LogP contribution in [0.1, 0.15) is 37.8 Å². The average Bonchev–Trinajstić information content (AvgIpc) is 2.56. The molecule has 0 radical (unpaired) electrons. The normalized spacial score (nSPS) is 13.6. The Labute approximate surface area is 143 Å². The predicted octanol–water partition coefficient (Wildman–Crippen LogP) is 2.99. The lowest BCUT2D eigenvalue weighted by Crippen LogP contribution is -3.12. The number of amides is 1. The number of rotatable bonds is 6. The first-order chi connectivity index (χ1) is 11.4. The minimum atomic E-state index is -0.243. The van der Waals surface area contributed by atoms with Crippen LogP contribution in [-0.4, -0.2) is 19.0 Å². The number of hydrogen-bond acceptors (Lipinski definition) is 1. The number of quaternary nitrogens is 1. The van der Waals surface area contributed by atoms with Crippen LogP contribution in [0.25, 0.3) is 0 Å². The van der Waals surface area contributed by atoms with Crippen molar-refractivity contribution in [3.05, 3.63) is 65.5 Å². The monoisotopic (exact) mass is 329 g/mol. The summed E-state index contributed by atoms with van der Waals surface area (Å²) in [5, 5.41) is 2.96. The number of carbonyl (C=O) groups is 1. The van der Waals surface area contributed by atoms with Crippen molar-refractivity contribution in [1.29, 1.82) is 0 Å². The second kappa shape index (κ2) is 8.06. The highest BCUT2D eigenvalue weighted by atomic mass is 19.1. The van der Waals surface area contributed by atoms with Crippen molar-refractivity contribution < 1.29 is 14.1 Å². The molecule has 0 aliphatic heterocycles. The molecule has 2 N–H and O–H groups in total. The Morgan fingerprint density at radius 3 is 2.17 bits per heavy atom. The van der Waals surface area contributed by atoms with E-state index in [-0.39, 0.29) is 17.8 Å². The SMILES string of the molecule is CC(C)c1ccc(NC(=O)[C@@H](C)[NH+](C)Cc2ccc(F)cc2)cc1. The summed E-state index contributed by atoms with van der Waals surface area (Å²) in [4.78, 5) is 13.5. The number of benzene rings is 2. The lowest BCUT2D eigenvalue weighted by Gasteiger charge is -2.21. The van der Waals surface area contributed by atoms with Gasteiger partial charge < -0.3 is 10.2 Å². The van der Waals surface area contributed by atoms with Crippen LogP contribution in [0.15, 0.2) is 48.5 Å². The maximum Gasteiger partial charge on any atom is 0.282 e. The molecular weight excluding hydrogens is 303 g/mol. The molecule has 1 unspecified atom stereocenters. The molecule has 0 heterocycles. The van der Waals surface area contributed by atoms with Crippen molar-refractivity contribution in [3.8, 4) is 0 Å². The van der Waals surface area contributed by atoms with Crippen molar-refractivity contribution in [3.63, 3.8) is 0 Å². The van der Waals surface area contributed by atoms with E-state index in [0.29, 0.717) is 12.5 Å². The first kappa shape index (κ1) is 18.1. The van der Waals surface area contributed by atoms with Crippen molar-refractivity contribution in [2.24, 2.45) is 0 Å². The standard InChI is InChI=1S/C20H25FN2O/c1-14(2)17-7-11-19(12-8-17)22-20(24)15(3)23(4)13-16-5-9-18(21)10-6-16/h5-12,14-15H,13H2,1-4H3,(H,22,24)/p+1/t15-/m1/s1. The molecule has 4 heteroatoms. The second-order valence-corrected chi connectivity index (χ2v) is 6.64. The molecule has 0 spiro atoms. The molecule has 2 atom stereocenters. The summed E-state index contributed by atoms with van der Waals surface area (Å²) >= 11 is 0. The van der Waals surface area contributed by atoms with Gasteiger partial charge in [-0.1, -0.05) is 38.1 Å². The van der Waals surface area contributed by atoms with Gasteiger partial charge in [0.2, 0.25) is 0 Å². The van der Waals surface area contributed by atoms with E-state index in [1.807, 2.05) is 38.2 Å². The van der Waals surface area contributed by atoms with Crippen molar-refractivity contribution >= 4 is 11.6 Å². The van der Waals surface area contributed by atoms with E-state index in [9.17, 15) is 9.18 Å². The number of hydrogen-bond donors (Lipinski definition) is 2. The Balaban J connectivity index is 1.94. The number of anilines is 1. The van der Waals surface area contributed by atoms with Crippen molar-refractivity contribution in [2.45, 2.75) is 39.3 Å². The molecule has 2 rings (SSSR count). The Morgan fingerprint density at radius 1 is 1.04 bits per heavy atom. The quantitative estimate of drug-likeness (QED) is 0.839. The minimum absolute atomic E-state index is 0.0214. The van der Waals surface area contributed by atoms with Gasteiger partial charge in [-0.3, -0.25) is 4.79 Å². The van der Waals surface area contributed by atoms with Crippen LogP contribution >= 0.6 is 0 Å². The smallest absolute Gasteiger partial charge is 0.282 e. The van der Waals surface area contributed by atoms with Crippen LogP contribution in [0.3, 0.4) is 0 Å². The van der Waals surface area contributed by atoms with E-state index in [2.05, 4.69) is 19.2 Å². The Kier molecular flexibility index (Phi) is 6.10. The van der Waals surface area contributed by atoms with Gasteiger partial charge in [0.25, 0.3) is 5.91 Å². The summed E-state index contributed by atoms with van der Waals surface area (Å²) in [6, 6.07) is 14.2. The average molecular weight is 329 g/mol. The van der Waals surface area contributed by atoms with Gasteiger partial charge in [0.15, 0.2) is 6.04 Å². The first-order valence-corrected chi connectivity index (χ1v) is 8.34. The highest BCUT2D eigenvalue weighted by molar-refractivity contribution is 5.93. The molecule has 3 nitrogen and oxygen atoms in total. The van der Waals surface area contributed by atoms with Gasteiger partial charge in [0.05, 0.1) is 7.05 Å². The van der Waals surface area contributed by atoms with Crippen LogP contribution in [-0.2, 0) is 11.3 Å². The number of nitrogens with one attached hydrogen (secondary N) is 2. The maximum atomic E-state index is 13.0. The van der Waals surface area contributed by atoms with E-state index >= 15 is 0 Å². The van der Waals surface area contributed by atoms with Gasteiger partial charge >= 0.3 is 0 Å². The van der Waals surface area contributed by atoms with E-state index < -0.39 is 0 Å². The molecule has 0 saturated carbocycles. The molecule has 2 aromatic rings. The number of carbonyl (C=O) groups excluding carboxylic acids is 1. The lowest BCUT2D eigenvalue weighted by atomic mass is 10.0. The summed E-state index contributed by atoms with van der Waals surface area (Å²) in [5.74, 6) is 0.207. The first-order valence-electron chi connectivity index (χ1n) is 8.34. The molecule has 0 bridgehead atoms. The third-order valence-corrected chi connectivity index (χ3v) is 4.37. The highest BCUT2D eigenvalue weighted by Crippen LogP contribution is 2.17. The molecule has 0 fully saturated rings. The fourth-order valence-electron chi connectivity index (χ4n) is 2.50. The van der Waals surface area contributed by atoms with Gasteiger partial charge in [-0.05, 0) is 42.7 Å². The summed E-state index contributed by atoms with van der Waals surface area (Å²) in [7, 11) is 1.97. The summed E-state index contributed by atoms with van der Waals surface area (Å²) in [5.41, 5.74) is 3.07. The molecule has 2 aromatic carbocycles. The van der Waals surface area contributed by atoms with Crippen molar-refractivity contribution in [1.82, 2.24) is 0 Å². The van der Waals surface area contributed by atoms with E-state index in [0.717, 1.165) is 16.2 Å².